The molecule has 7 heteroatoms. The minimum atomic E-state index is -4.41. The molecule has 0 fully saturated rings. The molecule has 1 aliphatic carbocycles. The Hall–Kier alpha value is -3.97. The molecule has 5 rings (SSSR count). The molecule has 2 aliphatic rings. The number of fused-ring (bicyclic) bond motifs is 1. The number of hydrogen-bond acceptors (Lipinski definition) is 3. The van der Waals surface area contributed by atoms with Crippen molar-refractivity contribution in [2.75, 3.05) is 18.4 Å². The third-order valence-electron chi connectivity index (χ3n) is 7.09. The van der Waals surface area contributed by atoms with E-state index < -0.39 is 11.7 Å². The molecule has 3 aromatic carbocycles. The molecular formula is C31H27F3N2O2. The van der Waals surface area contributed by atoms with E-state index in [1.807, 2.05) is 30.4 Å². The zero-order chi connectivity index (χ0) is 26.7. The maximum Gasteiger partial charge on any atom is 0.416 e. The largest absolute Gasteiger partial charge is 0.416 e. The highest BCUT2D eigenvalue weighted by Gasteiger charge is 2.30. The van der Waals surface area contributed by atoms with Crippen LogP contribution in [0.15, 0.2) is 91.0 Å². The van der Waals surface area contributed by atoms with Gasteiger partial charge >= 0.3 is 6.18 Å². The lowest BCUT2D eigenvalue weighted by atomic mass is 9.94. The summed E-state index contributed by atoms with van der Waals surface area (Å²) in [6.07, 6.45) is 4.52. The van der Waals surface area contributed by atoms with E-state index in [1.165, 1.54) is 23.3 Å². The fraction of sp³-hybridized carbons (Fsp3) is 0.226. The molecule has 4 nitrogen and oxygen atoms in total. The van der Waals surface area contributed by atoms with Gasteiger partial charge in [0.25, 0.3) is 5.91 Å². The van der Waals surface area contributed by atoms with Crippen LogP contribution in [0.5, 0.6) is 0 Å². The van der Waals surface area contributed by atoms with Crippen molar-refractivity contribution < 1.29 is 22.8 Å². The van der Waals surface area contributed by atoms with E-state index in [9.17, 15) is 22.8 Å². The number of benzene rings is 3. The van der Waals surface area contributed by atoms with Crippen molar-refractivity contribution in [3.63, 3.8) is 0 Å². The first-order chi connectivity index (χ1) is 18.3. The second kappa shape index (κ2) is 10.8. The number of amides is 1. The molecular weight excluding hydrogens is 489 g/mol. The smallest absolute Gasteiger partial charge is 0.322 e. The van der Waals surface area contributed by atoms with Crippen LogP contribution in [-0.4, -0.2) is 29.7 Å². The summed E-state index contributed by atoms with van der Waals surface area (Å²) < 4.78 is 38.9. The molecule has 0 aromatic heterocycles. The van der Waals surface area contributed by atoms with Crippen LogP contribution in [0.4, 0.5) is 18.9 Å². The molecule has 1 aliphatic heterocycles. The highest BCUT2D eigenvalue weighted by molar-refractivity contribution is 6.08. The predicted molar refractivity (Wildman–Crippen MR) is 142 cm³/mol. The van der Waals surface area contributed by atoms with Gasteiger partial charge in [-0.05, 0) is 78.0 Å². The molecule has 38 heavy (non-hydrogen) atoms. The van der Waals surface area contributed by atoms with Crippen LogP contribution < -0.4 is 5.32 Å². The number of carbonyl (C=O) groups excluding carboxylic acids is 2. The number of allylic oxidation sites excluding steroid dienone is 4. The van der Waals surface area contributed by atoms with Gasteiger partial charge < -0.3 is 5.32 Å². The molecule has 194 valence electrons. The number of hydrogen-bond donors (Lipinski definition) is 1. The Labute approximate surface area is 219 Å². The van der Waals surface area contributed by atoms with Gasteiger partial charge in [-0.15, -0.1) is 0 Å². The lowest BCUT2D eigenvalue weighted by Gasteiger charge is -2.30. The van der Waals surface area contributed by atoms with Gasteiger partial charge in [0.2, 0.25) is 0 Å². The third kappa shape index (κ3) is 5.78. The number of halogens is 3. The Morgan fingerprint density at radius 1 is 0.974 bits per heavy atom. The van der Waals surface area contributed by atoms with E-state index in [0.717, 1.165) is 44.6 Å². The standard InChI is InChI=1S/C31H27F3N2O2/c32-31(33,34)25-12-9-21(10-13-25)27-6-2-3-7-28(27)30(38)35-26-14-11-24-20-36(18-16-23(24)19-26)17-15-22-5-1-4-8-29(22)37/h1-14,19,22H,15-18,20H2,(H,35,38). The van der Waals surface area contributed by atoms with Crippen LogP contribution in [0, 0.1) is 5.92 Å². The summed E-state index contributed by atoms with van der Waals surface area (Å²) in [5.41, 5.74) is 3.81. The minimum Gasteiger partial charge on any atom is -0.322 e. The number of ketones is 1. The van der Waals surface area contributed by atoms with Crippen molar-refractivity contribution in [3.8, 4) is 11.1 Å². The summed E-state index contributed by atoms with van der Waals surface area (Å²) in [5, 5.41) is 2.95. The van der Waals surface area contributed by atoms with E-state index in [2.05, 4.69) is 10.2 Å². The van der Waals surface area contributed by atoms with Gasteiger partial charge in [-0.1, -0.05) is 54.6 Å². The van der Waals surface area contributed by atoms with Crippen molar-refractivity contribution in [3.05, 3.63) is 113 Å². The number of nitrogens with zero attached hydrogens (tertiary/aromatic N) is 1. The summed E-state index contributed by atoms with van der Waals surface area (Å²) in [6, 6.07) is 17.6. The maximum absolute atomic E-state index is 13.2. The Morgan fingerprint density at radius 2 is 1.76 bits per heavy atom. The molecule has 0 radical (unpaired) electrons. The summed E-state index contributed by atoms with van der Waals surface area (Å²) in [6.45, 7) is 2.51. The van der Waals surface area contributed by atoms with Crippen LogP contribution in [-0.2, 0) is 23.9 Å². The molecule has 1 unspecified atom stereocenters. The molecule has 0 spiro atoms. The van der Waals surface area contributed by atoms with Crippen LogP contribution in [0.1, 0.15) is 33.5 Å². The molecule has 0 bridgehead atoms. The lowest BCUT2D eigenvalue weighted by molar-refractivity contribution is -0.137. The van der Waals surface area contributed by atoms with Gasteiger partial charge in [0.15, 0.2) is 5.78 Å². The second-order valence-corrected chi connectivity index (χ2v) is 9.63. The Bertz CT molecular complexity index is 1410. The normalized spacial score (nSPS) is 17.3. The SMILES string of the molecule is O=C(Nc1ccc2c(c1)CCN(CCC1C=CC=CC1=O)C2)c1ccccc1-c1ccc(C(F)(F)F)cc1. The zero-order valence-corrected chi connectivity index (χ0v) is 20.7. The van der Waals surface area contributed by atoms with Crippen molar-refractivity contribution in [1.82, 2.24) is 4.90 Å². The van der Waals surface area contributed by atoms with Gasteiger partial charge in [0.05, 0.1) is 5.56 Å². The van der Waals surface area contributed by atoms with Gasteiger partial charge in [-0.25, -0.2) is 0 Å². The highest BCUT2D eigenvalue weighted by atomic mass is 19.4. The van der Waals surface area contributed by atoms with Crippen LogP contribution in [0.3, 0.4) is 0 Å². The molecule has 1 atom stereocenters. The van der Waals surface area contributed by atoms with Crippen molar-refractivity contribution in [2.45, 2.75) is 25.6 Å². The number of alkyl halides is 3. The first-order valence-electron chi connectivity index (χ1n) is 12.6. The summed E-state index contributed by atoms with van der Waals surface area (Å²) in [4.78, 5) is 27.5. The molecule has 0 saturated heterocycles. The van der Waals surface area contributed by atoms with Gasteiger partial charge in [0.1, 0.15) is 0 Å². The van der Waals surface area contributed by atoms with Crippen molar-refractivity contribution in [1.29, 1.82) is 0 Å². The lowest BCUT2D eigenvalue weighted by Crippen LogP contribution is -2.33. The minimum absolute atomic E-state index is 0.0514. The average molecular weight is 517 g/mol. The number of carbonyl (C=O) groups is 2. The second-order valence-electron chi connectivity index (χ2n) is 9.63. The monoisotopic (exact) mass is 516 g/mol. The first kappa shape index (κ1) is 25.7. The zero-order valence-electron chi connectivity index (χ0n) is 20.7. The Morgan fingerprint density at radius 3 is 2.53 bits per heavy atom. The summed E-state index contributed by atoms with van der Waals surface area (Å²) in [7, 11) is 0. The third-order valence-corrected chi connectivity index (χ3v) is 7.09. The molecule has 1 N–H and O–H groups in total. The maximum atomic E-state index is 13.2. The van der Waals surface area contributed by atoms with Crippen molar-refractivity contribution in [2.24, 2.45) is 5.92 Å². The molecule has 1 heterocycles. The molecule has 1 amide bonds. The number of rotatable bonds is 6. The van der Waals surface area contributed by atoms with Crippen LogP contribution >= 0.6 is 0 Å². The van der Waals surface area contributed by atoms with Gasteiger partial charge in [-0.3, -0.25) is 14.5 Å². The predicted octanol–water partition coefficient (Wildman–Crippen LogP) is 6.68. The Balaban J connectivity index is 1.25. The summed E-state index contributed by atoms with van der Waals surface area (Å²) >= 11 is 0. The van der Waals surface area contributed by atoms with E-state index in [1.54, 1.807) is 36.4 Å². The fourth-order valence-electron chi connectivity index (χ4n) is 4.98. The molecule has 3 aromatic rings. The van der Waals surface area contributed by atoms with E-state index in [4.69, 9.17) is 0 Å². The summed E-state index contributed by atoms with van der Waals surface area (Å²) in [5.74, 6) is -0.216. The number of nitrogens with one attached hydrogen (secondary N) is 1. The van der Waals surface area contributed by atoms with E-state index >= 15 is 0 Å². The van der Waals surface area contributed by atoms with Crippen LogP contribution in [0.2, 0.25) is 0 Å². The van der Waals surface area contributed by atoms with E-state index in [-0.39, 0.29) is 17.6 Å². The van der Waals surface area contributed by atoms with Gasteiger partial charge in [0, 0.05) is 30.3 Å². The van der Waals surface area contributed by atoms with Gasteiger partial charge in [-0.2, -0.15) is 13.2 Å². The molecule has 0 saturated carbocycles. The average Bonchev–Trinajstić information content (AvgIpc) is 2.92. The fourth-order valence-corrected chi connectivity index (χ4v) is 4.98. The van der Waals surface area contributed by atoms with E-state index in [0.29, 0.717) is 22.4 Å². The highest BCUT2D eigenvalue weighted by Crippen LogP contribution is 2.32. The number of anilines is 1. The topological polar surface area (TPSA) is 49.4 Å². The van der Waals surface area contributed by atoms with Crippen LogP contribution in [0.25, 0.3) is 11.1 Å². The van der Waals surface area contributed by atoms with Crippen molar-refractivity contribution >= 4 is 17.4 Å². The Kier molecular flexibility index (Phi) is 7.29. The quantitative estimate of drug-likeness (QED) is 0.397. The first-order valence-corrected chi connectivity index (χ1v) is 12.6.